The third-order valence-electron chi connectivity index (χ3n) is 4.22. The summed E-state index contributed by atoms with van der Waals surface area (Å²) < 4.78 is 0. The number of nitrogens with zero attached hydrogens (tertiary/aromatic N) is 3. The van der Waals surface area contributed by atoms with Gasteiger partial charge in [-0.3, -0.25) is 4.79 Å². The average Bonchev–Trinajstić information content (AvgIpc) is 2.68. The molecule has 2 aromatic carbocycles. The number of carbonyl (C=O) groups is 1. The molecule has 0 aliphatic carbocycles. The van der Waals surface area contributed by atoms with Gasteiger partial charge in [0.25, 0.3) is 5.91 Å². The van der Waals surface area contributed by atoms with Crippen molar-refractivity contribution in [3.63, 3.8) is 0 Å². The van der Waals surface area contributed by atoms with Crippen molar-refractivity contribution in [3.8, 4) is 6.07 Å². The molecule has 0 fully saturated rings. The quantitative estimate of drug-likeness (QED) is 0.697. The zero-order valence-corrected chi connectivity index (χ0v) is 16.0. The first-order valence-corrected chi connectivity index (χ1v) is 8.87. The number of hydrogen-bond acceptors (Lipinski definition) is 5. The molecule has 0 aliphatic rings. The van der Waals surface area contributed by atoms with Gasteiger partial charge in [-0.05, 0) is 35.2 Å². The molecule has 0 bridgehead atoms. The number of hydrogen-bond donors (Lipinski definition) is 2. The van der Waals surface area contributed by atoms with Gasteiger partial charge in [0.05, 0.1) is 16.8 Å². The number of amides is 1. The Kier molecular flexibility index (Phi) is 5.37. The summed E-state index contributed by atoms with van der Waals surface area (Å²) in [6, 6.07) is 17.0. The zero-order valence-electron chi connectivity index (χ0n) is 16.0. The van der Waals surface area contributed by atoms with E-state index in [9.17, 15) is 4.79 Å². The summed E-state index contributed by atoms with van der Waals surface area (Å²) in [4.78, 5) is 20.7. The van der Waals surface area contributed by atoms with Crippen LogP contribution in [-0.2, 0) is 5.41 Å². The normalized spacial score (nSPS) is 10.8. The molecule has 3 aromatic rings. The van der Waals surface area contributed by atoms with E-state index in [0.717, 1.165) is 0 Å². The molecule has 0 atom stereocenters. The highest BCUT2D eigenvalue weighted by Gasteiger charge is 2.14. The van der Waals surface area contributed by atoms with Crippen LogP contribution in [0.4, 0.5) is 17.3 Å². The van der Waals surface area contributed by atoms with Crippen molar-refractivity contribution >= 4 is 23.2 Å². The van der Waals surface area contributed by atoms with Crippen LogP contribution in [0.2, 0.25) is 0 Å². The molecule has 1 heterocycles. The summed E-state index contributed by atoms with van der Waals surface area (Å²) >= 11 is 0. The highest BCUT2D eigenvalue weighted by molar-refractivity contribution is 6.03. The van der Waals surface area contributed by atoms with Crippen molar-refractivity contribution in [3.05, 3.63) is 77.6 Å². The minimum atomic E-state index is -0.285. The Morgan fingerprint density at radius 2 is 1.64 bits per heavy atom. The molecule has 3 rings (SSSR count). The highest BCUT2D eigenvalue weighted by Crippen LogP contribution is 2.23. The van der Waals surface area contributed by atoms with E-state index in [1.54, 1.807) is 18.2 Å². The fraction of sp³-hybridized carbons (Fsp3) is 0.182. The Hall–Kier alpha value is -3.72. The van der Waals surface area contributed by atoms with Crippen LogP contribution in [0.15, 0.2) is 60.9 Å². The first-order chi connectivity index (χ1) is 13.4. The maximum absolute atomic E-state index is 12.4. The van der Waals surface area contributed by atoms with Crippen molar-refractivity contribution in [2.45, 2.75) is 26.2 Å². The lowest BCUT2D eigenvalue weighted by molar-refractivity contribution is 0.102. The van der Waals surface area contributed by atoms with Crippen LogP contribution in [0.5, 0.6) is 0 Å². The van der Waals surface area contributed by atoms with E-state index in [-0.39, 0.29) is 11.3 Å². The molecule has 1 amide bonds. The molecule has 6 nitrogen and oxygen atoms in total. The largest absolute Gasteiger partial charge is 0.323 e. The lowest BCUT2D eigenvalue weighted by atomic mass is 9.87. The third-order valence-corrected chi connectivity index (χ3v) is 4.22. The van der Waals surface area contributed by atoms with Crippen molar-refractivity contribution < 1.29 is 4.79 Å². The molecule has 140 valence electrons. The Labute approximate surface area is 164 Å². The van der Waals surface area contributed by atoms with Crippen LogP contribution < -0.4 is 10.6 Å². The fourth-order valence-electron chi connectivity index (χ4n) is 2.58. The lowest BCUT2D eigenvalue weighted by Crippen LogP contribution is -2.14. The number of nitriles is 1. The maximum Gasteiger partial charge on any atom is 0.258 e. The van der Waals surface area contributed by atoms with E-state index < -0.39 is 0 Å². The van der Waals surface area contributed by atoms with Gasteiger partial charge in [0, 0.05) is 18.1 Å². The molecular weight excluding hydrogens is 350 g/mol. The molecule has 0 unspecified atom stereocenters. The van der Waals surface area contributed by atoms with E-state index >= 15 is 0 Å². The van der Waals surface area contributed by atoms with E-state index in [4.69, 9.17) is 5.26 Å². The molecular formula is C22H21N5O. The summed E-state index contributed by atoms with van der Waals surface area (Å²) in [5.74, 6) is 0.0289. The van der Waals surface area contributed by atoms with Crippen molar-refractivity contribution in [1.82, 2.24) is 9.97 Å². The zero-order chi connectivity index (χ0) is 20.1. The number of benzene rings is 2. The predicted molar refractivity (Wildman–Crippen MR) is 110 cm³/mol. The van der Waals surface area contributed by atoms with E-state index in [1.807, 2.05) is 30.3 Å². The Bertz CT molecular complexity index is 1010. The Morgan fingerprint density at radius 3 is 2.25 bits per heavy atom. The number of nitrogens with one attached hydrogen (secondary N) is 2. The molecule has 0 radical (unpaired) electrons. The van der Waals surface area contributed by atoms with E-state index in [2.05, 4.69) is 47.4 Å². The summed E-state index contributed by atoms with van der Waals surface area (Å²) in [6.07, 6.45) is 2.90. The maximum atomic E-state index is 12.4. The summed E-state index contributed by atoms with van der Waals surface area (Å²) in [5.41, 5.74) is 3.42. The monoisotopic (exact) mass is 371 g/mol. The lowest BCUT2D eigenvalue weighted by Gasteiger charge is -2.19. The summed E-state index contributed by atoms with van der Waals surface area (Å²) in [6.45, 7) is 6.42. The topological polar surface area (TPSA) is 90.7 Å². The number of aromatic nitrogens is 2. The van der Waals surface area contributed by atoms with E-state index in [1.165, 1.54) is 18.0 Å². The second-order valence-electron chi connectivity index (χ2n) is 7.36. The first-order valence-electron chi connectivity index (χ1n) is 8.87. The van der Waals surface area contributed by atoms with Gasteiger partial charge in [-0.25, -0.2) is 9.97 Å². The molecule has 0 saturated heterocycles. The fourth-order valence-corrected chi connectivity index (χ4v) is 2.58. The van der Waals surface area contributed by atoms with Crippen molar-refractivity contribution in [1.29, 1.82) is 5.26 Å². The smallest absolute Gasteiger partial charge is 0.258 e. The van der Waals surface area contributed by atoms with Gasteiger partial charge in [-0.2, -0.15) is 5.26 Å². The minimum absolute atomic E-state index is 0.0589. The average molecular weight is 371 g/mol. The summed E-state index contributed by atoms with van der Waals surface area (Å²) in [5, 5.41) is 15.0. The van der Waals surface area contributed by atoms with Gasteiger partial charge in [0.15, 0.2) is 0 Å². The van der Waals surface area contributed by atoms with Gasteiger partial charge >= 0.3 is 0 Å². The van der Waals surface area contributed by atoms with Gasteiger partial charge < -0.3 is 10.6 Å². The Balaban J connectivity index is 1.68. The number of para-hydroxylation sites is 1. The SMILES string of the molecule is CC(C)(C)c1ccc(NC(=O)c2cnc(Nc3ccccc3C#N)nc2)cc1. The van der Waals surface area contributed by atoms with Crippen molar-refractivity contribution in [2.24, 2.45) is 0 Å². The number of anilines is 3. The Morgan fingerprint density at radius 1 is 1.00 bits per heavy atom. The molecule has 0 saturated carbocycles. The van der Waals surface area contributed by atoms with Crippen LogP contribution >= 0.6 is 0 Å². The van der Waals surface area contributed by atoms with Gasteiger partial charge in [-0.1, -0.05) is 45.0 Å². The number of carbonyl (C=O) groups excluding carboxylic acids is 1. The van der Waals surface area contributed by atoms with Crippen molar-refractivity contribution in [2.75, 3.05) is 10.6 Å². The second kappa shape index (κ2) is 7.89. The van der Waals surface area contributed by atoms with Crippen LogP contribution in [0.3, 0.4) is 0 Å². The summed E-state index contributed by atoms with van der Waals surface area (Å²) in [7, 11) is 0. The molecule has 28 heavy (non-hydrogen) atoms. The predicted octanol–water partition coefficient (Wildman–Crippen LogP) is 4.64. The molecule has 0 aliphatic heterocycles. The van der Waals surface area contributed by atoms with Crippen LogP contribution in [0.1, 0.15) is 42.3 Å². The number of rotatable bonds is 4. The van der Waals surface area contributed by atoms with Crippen LogP contribution in [0.25, 0.3) is 0 Å². The van der Waals surface area contributed by atoms with Gasteiger partial charge in [0.1, 0.15) is 6.07 Å². The third kappa shape index (κ3) is 4.51. The molecule has 6 heteroatoms. The van der Waals surface area contributed by atoms with Gasteiger partial charge in [-0.15, -0.1) is 0 Å². The highest BCUT2D eigenvalue weighted by atomic mass is 16.1. The van der Waals surface area contributed by atoms with E-state index in [0.29, 0.717) is 28.5 Å². The molecule has 1 aromatic heterocycles. The minimum Gasteiger partial charge on any atom is -0.323 e. The standard InChI is InChI=1S/C22H21N5O/c1-22(2,3)17-8-10-18(11-9-17)26-20(28)16-13-24-21(25-14-16)27-19-7-5-4-6-15(19)12-23/h4-11,13-14H,1-3H3,(H,26,28)(H,24,25,27). The first kappa shape index (κ1) is 19.1. The van der Waals surface area contributed by atoms with Crippen LogP contribution in [-0.4, -0.2) is 15.9 Å². The molecule has 0 spiro atoms. The van der Waals surface area contributed by atoms with Gasteiger partial charge in [0.2, 0.25) is 5.95 Å². The molecule has 2 N–H and O–H groups in total. The van der Waals surface area contributed by atoms with Crippen LogP contribution in [0, 0.1) is 11.3 Å². The second-order valence-corrected chi connectivity index (χ2v) is 7.36.